The Kier molecular flexibility index (Phi) is 6.66. The molecule has 5 rings (SSSR count). The summed E-state index contributed by atoms with van der Waals surface area (Å²) < 4.78 is 41.6. The number of alkyl halides is 3. The first-order valence-corrected chi connectivity index (χ1v) is 10.7. The van der Waals surface area contributed by atoms with Gasteiger partial charge >= 0.3 is 12.1 Å². The lowest BCUT2D eigenvalue weighted by atomic mass is 10.2. The molecule has 180 valence electrons. The van der Waals surface area contributed by atoms with Crippen LogP contribution in [0.4, 0.5) is 24.0 Å². The maximum atomic E-state index is 10.6. The summed E-state index contributed by atoms with van der Waals surface area (Å²) in [7, 11) is 0. The number of aliphatic carboxylic acids is 1. The summed E-state index contributed by atoms with van der Waals surface area (Å²) >= 11 is 7.70. The summed E-state index contributed by atoms with van der Waals surface area (Å²) in [5, 5.41) is 19.3. The van der Waals surface area contributed by atoms with Crippen molar-refractivity contribution in [1.29, 1.82) is 0 Å². The van der Waals surface area contributed by atoms with Crippen molar-refractivity contribution in [2.75, 3.05) is 5.32 Å². The number of anilines is 2. The number of hydrogen-bond donors (Lipinski definition) is 3. The number of halogens is 4. The highest BCUT2D eigenvalue weighted by Crippen LogP contribution is 2.33. The van der Waals surface area contributed by atoms with Gasteiger partial charge in [-0.3, -0.25) is 10.1 Å². The van der Waals surface area contributed by atoms with Gasteiger partial charge in [0.25, 0.3) is 0 Å². The fraction of sp³-hybridized carbons (Fsp3) is 0.100. The number of carbonyl (C=O) groups is 1. The number of H-pyrrole nitrogens is 1. The van der Waals surface area contributed by atoms with E-state index in [9.17, 15) is 13.2 Å². The summed E-state index contributed by atoms with van der Waals surface area (Å²) in [6, 6.07) is 7.47. The van der Waals surface area contributed by atoms with Gasteiger partial charge in [-0.25, -0.2) is 9.78 Å². The molecule has 0 amide bonds. The van der Waals surface area contributed by atoms with Crippen LogP contribution in [0.2, 0.25) is 5.02 Å². The van der Waals surface area contributed by atoms with E-state index in [4.69, 9.17) is 25.9 Å². The number of hydrogen-bond acceptors (Lipinski definition) is 9. The summed E-state index contributed by atoms with van der Waals surface area (Å²) in [6.45, 7) is 1.86. The van der Waals surface area contributed by atoms with Gasteiger partial charge < -0.3 is 14.8 Å². The van der Waals surface area contributed by atoms with Gasteiger partial charge in [0.15, 0.2) is 5.82 Å². The third-order valence-electron chi connectivity index (χ3n) is 4.32. The predicted octanol–water partition coefficient (Wildman–Crippen LogP) is 5.47. The number of aromatic amines is 1. The van der Waals surface area contributed by atoms with Crippen LogP contribution in [0.3, 0.4) is 0 Å². The van der Waals surface area contributed by atoms with Crippen molar-refractivity contribution in [3.63, 3.8) is 0 Å². The van der Waals surface area contributed by atoms with E-state index >= 15 is 0 Å². The van der Waals surface area contributed by atoms with Crippen LogP contribution in [0.15, 0.2) is 47.3 Å². The number of carboxylic acids is 1. The molecular weight excluding hydrogens is 511 g/mol. The van der Waals surface area contributed by atoms with Crippen LogP contribution in [0, 0.1) is 6.92 Å². The summed E-state index contributed by atoms with van der Waals surface area (Å²) in [5.41, 5.74) is 3.86. The Bertz CT molecular complexity index is 1500. The summed E-state index contributed by atoms with van der Waals surface area (Å²) in [4.78, 5) is 22.1. The maximum Gasteiger partial charge on any atom is 0.490 e. The van der Waals surface area contributed by atoms with E-state index in [2.05, 4.69) is 34.8 Å². The fourth-order valence-electron chi connectivity index (χ4n) is 2.74. The second kappa shape index (κ2) is 9.68. The second-order valence-electron chi connectivity index (χ2n) is 6.83. The zero-order valence-electron chi connectivity index (χ0n) is 17.5. The first-order chi connectivity index (χ1) is 16.6. The van der Waals surface area contributed by atoms with Gasteiger partial charge in [0.2, 0.25) is 11.0 Å². The molecule has 0 saturated carbocycles. The highest BCUT2D eigenvalue weighted by Gasteiger charge is 2.38. The lowest BCUT2D eigenvalue weighted by Gasteiger charge is -2.05. The standard InChI is InChI=1S/C18H12ClN7OS.C2HF3O2/c1-9-8-27-17(22-9)14-6-10(4-5-20-14)16-24-18(28-26-16)23-13-3-2-12-11(15(13)19)7-21-25-12;3-2(4,5)1(6)7/h2-8H,1H3,(H,21,25)(H,23,24,26);(H,6,7). The number of rotatable bonds is 4. The third kappa shape index (κ3) is 5.55. The van der Waals surface area contributed by atoms with Crippen molar-refractivity contribution < 1.29 is 27.5 Å². The Morgan fingerprint density at radius 2 is 2.03 bits per heavy atom. The third-order valence-corrected chi connectivity index (χ3v) is 5.36. The number of nitrogens with zero attached hydrogens (tertiary/aromatic N) is 5. The minimum absolute atomic E-state index is 0.466. The average molecular weight is 524 g/mol. The van der Waals surface area contributed by atoms with E-state index in [1.165, 1.54) is 11.5 Å². The molecular formula is C20H13ClF3N7O3S. The minimum atomic E-state index is -5.08. The van der Waals surface area contributed by atoms with Gasteiger partial charge in [0, 0.05) is 28.7 Å². The van der Waals surface area contributed by atoms with Gasteiger partial charge in [-0.1, -0.05) is 11.6 Å². The maximum absolute atomic E-state index is 10.6. The van der Waals surface area contributed by atoms with Gasteiger partial charge in [-0.05, 0) is 31.2 Å². The molecule has 0 saturated heterocycles. The fourth-order valence-corrected chi connectivity index (χ4v) is 3.61. The number of oxazole rings is 1. The largest absolute Gasteiger partial charge is 0.490 e. The number of aromatic nitrogens is 6. The lowest BCUT2D eigenvalue weighted by Crippen LogP contribution is -2.21. The van der Waals surface area contributed by atoms with Gasteiger partial charge in [-0.2, -0.15) is 27.6 Å². The molecule has 10 nitrogen and oxygen atoms in total. The van der Waals surface area contributed by atoms with Crippen molar-refractivity contribution >= 4 is 50.8 Å². The van der Waals surface area contributed by atoms with E-state index < -0.39 is 12.1 Å². The molecule has 0 unspecified atom stereocenters. The van der Waals surface area contributed by atoms with Crippen LogP contribution in [-0.2, 0) is 4.79 Å². The van der Waals surface area contributed by atoms with Crippen molar-refractivity contribution in [3.8, 4) is 23.0 Å². The highest BCUT2D eigenvalue weighted by atomic mass is 35.5. The van der Waals surface area contributed by atoms with E-state index in [0.717, 1.165) is 27.8 Å². The van der Waals surface area contributed by atoms with E-state index in [0.29, 0.717) is 27.6 Å². The van der Waals surface area contributed by atoms with Crippen LogP contribution < -0.4 is 5.32 Å². The Morgan fingerprint density at radius 3 is 2.71 bits per heavy atom. The van der Waals surface area contributed by atoms with Crippen molar-refractivity contribution in [1.82, 2.24) is 29.5 Å². The number of pyridine rings is 1. The van der Waals surface area contributed by atoms with Gasteiger partial charge in [0.05, 0.1) is 28.1 Å². The molecule has 15 heteroatoms. The van der Waals surface area contributed by atoms with E-state index in [1.54, 1.807) is 18.7 Å². The average Bonchev–Trinajstić information content (AvgIpc) is 3.57. The number of carboxylic acid groups (broad SMARTS) is 1. The normalized spacial score (nSPS) is 11.2. The lowest BCUT2D eigenvalue weighted by molar-refractivity contribution is -0.192. The van der Waals surface area contributed by atoms with Gasteiger partial charge in [-0.15, -0.1) is 0 Å². The Labute approximate surface area is 203 Å². The number of fused-ring (bicyclic) bond motifs is 1. The van der Waals surface area contributed by atoms with E-state index in [1.807, 2.05) is 31.2 Å². The quantitative estimate of drug-likeness (QED) is 0.279. The zero-order valence-corrected chi connectivity index (χ0v) is 19.0. The topological polar surface area (TPSA) is 143 Å². The molecule has 0 spiro atoms. The molecule has 0 atom stereocenters. The first-order valence-electron chi connectivity index (χ1n) is 9.53. The Morgan fingerprint density at radius 1 is 1.26 bits per heavy atom. The zero-order chi connectivity index (χ0) is 25.2. The van der Waals surface area contributed by atoms with Crippen LogP contribution in [0.5, 0.6) is 0 Å². The van der Waals surface area contributed by atoms with Crippen molar-refractivity contribution in [3.05, 3.63) is 53.6 Å². The minimum Gasteiger partial charge on any atom is -0.475 e. The number of nitrogens with one attached hydrogen (secondary N) is 2. The van der Waals surface area contributed by atoms with Crippen molar-refractivity contribution in [2.45, 2.75) is 13.1 Å². The molecule has 1 aromatic carbocycles. The smallest absolute Gasteiger partial charge is 0.475 e. The van der Waals surface area contributed by atoms with Crippen LogP contribution in [-0.4, -0.2) is 46.8 Å². The molecule has 4 aromatic heterocycles. The Hall–Kier alpha value is -4.04. The molecule has 3 N–H and O–H groups in total. The molecule has 4 heterocycles. The molecule has 0 aliphatic rings. The molecule has 0 fully saturated rings. The Balaban J connectivity index is 0.000000364. The highest BCUT2D eigenvalue weighted by molar-refractivity contribution is 7.10. The molecule has 35 heavy (non-hydrogen) atoms. The summed E-state index contributed by atoms with van der Waals surface area (Å²) in [5.74, 6) is -1.71. The second-order valence-corrected chi connectivity index (χ2v) is 7.96. The molecule has 0 aliphatic carbocycles. The first kappa shape index (κ1) is 24.1. The van der Waals surface area contributed by atoms with E-state index in [-0.39, 0.29) is 0 Å². The van der Waals surface area contributed by atoms with Crippen molar-refractivity contribution in [2.24, 2.45) is 0 Å². The molecule has 0 bridgehead atoms. The molecule has 0 aliphatic heterocycles. The van der Waals surface area contributed by atoms with Crippen LogP contribution in [0.1, 0.15) is 5.69 Å². The van der Waals surface area contributed by atoms with Gasteiger partial charge in [0.1, 0.15) is 12.0 Å². The molecule has 0 radical (unpaired) electrons. The number of aryl methyl sites for hydroxylation is 1. The summed E-state index contributed by atoms with van der Waals surface area (Å²) in [6.07, 6.45) is -0.118. The number of benzene rings is 1. The molecule has 5 aromatic rings. The van der Waals surface area contributed by atoms with Crippen LogP contribution >= 0.6 is 23.1 Å². The van der Waals surface area contributed by atoms with Crippen LogP contribution in [0.25, 0.3) is 33.9 Å². The SMILES string of the molecule is Cc1coc(-c2cc(-c3nsc(Nc4ccc5[nH]ncc5c4Cl)n3)ccn2)n1.O=C(O)C(F)(F)F. The predicted molar refractivity (Wildman–Crippen MR) is 121 cm³/mol. The monoisotopic (exact) mass is 523 g/mol.